The fraction of sp³-hybridized carbons (Fsp3) is 0.600. The van der Waals surface area contributed by atoms with Gasteiger partial charge in [-0.15, -0.1) is 0 Å². The molecule has 0 aliphatic heterocycles. The molecule has 1 aliphatic rings. The van der Waals surface area contributed by atoms with Crippen LogP contribution in [0.4, 0.5) is 0 Å². The van der Waals surface area contributed by atoms with E-state index in [4.69, 9.17) is 0 Å². The van der Waals surface area contributed by atoms with E-state index in [1.54, 1.807) is 6.07 Å². The average molecular weight is 375 g/mol. The van der Waals surface area contributed by atoms with E-state index in [9.17, 15) is 8.42 Å². The van der Waals surface area contributed by atoms with Crippen LogP contribution in [0.3, 0.4) is 0 Å². The Hall–Kier alpha value is -0.430. The number of nitrogens with one attached hydrogen (secondary N) is 2. The van der Waals surface area contributed by atoms with Crippen molar-refractivity contribution in [2.75, 3.05) is 13.1 Å². The van der Waals surface area contributed by atoms with Gasteiger partial charge >= 0.3 is 0 Å². The first-order chi connectivity index (χ1) is 9.94. The maximum atomic E-state index is 12.5. The van der Waals surface area contributed by atoms with Crippen molar-refractivity contribution in [1.29, 1.82) is 0 Å². The van der Waals surface area contributed by atoms with Crippen molar-refractivity contribution in [3.63, 3.8) is 0 Å². The second-order valence-electron chi connectivity index (χ2n) is 5.67. The quantitative estimate of drug-likeness (QED) is 0.687. The Morgan fingerprint density at radius 2 is 2.05 bits per heavy atom. The Morgan fingerprint density at radius 3 is 2.67 bits per heavy atom. The minimum Gasteiger partial charge on any atom is -0.313 e. The molecule has 21 heavy (non-hydrogen) atoms. The van der Waals surface area contributed by atoms with Crippen LogP contribution in [0.25, 0.3) is 0 Å². The molecule has 1 saturated carbocycles. The summed E-state index contributed by atoms with van der Waals surface area (Å²) in [5, 5.41) is 3.30. The molecule has 2 N–H and O–H groups in total. The zero-order chi connectivity index (χ0) is 15.5. The standard InChI is InChI=1S/C15H23BrN2O2S/c1-3-6-17-9-13-7-14(16)11(2)15(8-13)21(19,20)18-10-12-4-5-12/h7-8,12,17-18H,3-6,9-10H2,1-2H3. The van der Waals surface area contributed by atoms with Gasteiger partial charge in [-0.05, 0) is 61.9 Å². The van der Waals surface area contributed by atoms with Gasteiger partial charge in [0.1, 0.15) is 0 Å². The van der Waals surface area contributed by atoms with Gasteiger partial charge in [0, 0.05) is 17.6 Å². The summed E-state index contributed by atoms with van der Waals surface area (Å²) in [4.78, 5) is 0.380. The summed E-state index contributed by atoms with van der Waals surface area (Å²) in [6.45, 7) is 6.10. The predicted molar refractivity (Wildman–Crippen MR) is 88.8 cm³/mol. The molecule has 0 radical (unpaired) electrons. The molecule has 1 fully saturated rings. The first kappa shape index (κ1) is 16.9. The second-order valence-corrected chi connectivity index (χ2v) is 8.26. The van der Waals surface area contributed by atoms with E-state index in [0.29, 0.717) is 23.9 Å². The SMILES string of the molecule is CCCNCc1cc(Br)c(C)c(S(=O)(=O)NCC2CC2)c1. The van der Waals surface area contributed by atoms with Gasteiger partial charge in [-0.3, -0.25) is 0 Å². The van der Waals surface area contributed by atoms with E-state index in [0.717, 1.165) is 41.4 Å². The normalized spacial score (nSPS) is 15.4. The lowest BCUT2D eigenvalue weighted by Crippen LogP contribution is -2.27. The van der Waals surface area contributed by atoms with E-state index in [2.05, 4.69) is 32.9 Å². The molecule has 1 aliphatic carbocycles. The molecule has 0 spiro atoms. The van der Waals surface area contributed by atoms with Crippen molar-refractivity contribution >= 4 is 26.0 Å². The first-order valence-electron chi connectivity index (χ1n) is 7.43. The highest BCUT2D eigenvalue weighted by Crippen LogP contribution is 2.29. The number of hydrogen-bond donors (Lipinski definition) is 2. The van der Waals surface area contributed by atoms with Crippen molar-refractivity contribution in [2.24, 2.45) is 5.92 Å². The van der Waals surface area contributed by atoms with Crippen LogP contribution in [0, 0.1) is 12.8 Å². The van der Waals surface area contributed by atoms with Crippen LogP contribution >= 0.6 is 15.9 Å². The number of benzene rings is 1. The Balaban J connectivity index is 2.19. The van der Waals surface area contributed by atoms with Crippen LogP contribution in [0.15, 0.2) is 21.5 Å². The summed E-state index contributed by atoms with van der Waals surface area (Å²) in [5.74, 6) is 0.526. The monoisotopic (exact) mass is 374 g/mol. The van der Waals surface area contributed by atoms with Gasteiger partial charge in [-0.1, -0.05) is 22.9 Å². The number of hydrogen-bond acceptors (Lipinski definition) is 3. The van der Waals surface area contributed by atoms with E-state index < -0.39 is 10.0 Å². The van der Waals surface area contributed by atoms with E-state index in [-0.39, 0.29) is 0 Å². The minimum atomic E-state index is -3.43. The molecule has 0 saturated heterocycles. The smallest absolute Gasteiger partial charge is 0.240 e. The maximum absolute atomic E-state index is 12.5. The van der Waals surface area contributed by atoms with Gasteiger partial charge in [-0.25, -0.2) is 13.1 Å². The summed E-state index contributed by atoms with van der Waals surface area (Å²) in [5.41, 5.74) is 1.74. The van der Waals surface area contributed by atoms with Crippen molar-refractivity contribution in [1.82, 2.24) is 10.0 Å². The van der Waals surface area contributed by atoms with Crippen LogP contribution in [-0.4, -0.2) is 21.5 Å². The lowest BCUT2D eigenvalue weighted by Gasteiger charge is -2.13. The van der Waals surface area contributed by atoms with Crippen LogP contribution in [0.1, 0.15) is 37.3 Å². The average Bonchev–Trinajstić information content (AvgIpc) is 3.24. The Morgan fingerprint density at radius 1 is 1.33 bits per heavy atom. The summed E-state index contributed by atoms with van der Waals surface area (Å²) in [7, 11) is -3.43. The lowest BCUT2D eigenvalue weighted by molar-refractivity contribution is 0.576. The van der Waals surface area contributed by atoms with Gasteiger partial charge in [0.25, 0.3) is 0 Å². The zero-order valence-corrected chi connectivity index (χ0v) is 15.0. The molecule has 0 heterocycles. The largest absolute Gasteiger partial charge is 0.313 e. The topological polar surface area (TPSA) is 58.2 Å². The maximum Gasteiger partial charge on any atom is 0.240 e. The minimum absolute atomic E-state index is 0.380. The molecule has 0 aromatic heterocycles. The third kappa shape index (κ3) is 4.77. The van der Waals surface area contributed by atoms with Gasteiger partial charge in [0.2, 0.25) is 10.0 Å². The van der Waals surface area contributed by atoms with Crippen molar-refractivity contribution < 1.29 is 8.42 Å². The van der Waals surface area contributed by atoms with E-state index in [1.807, 2.05) is 13.0 Å². The van der Waals surface area contributed by atoms with Crippen LogP contribution in [0.5, 0.6) is 0 Å². The third-order valence-electron chi connectivity index (χ3n) is 3.66. The Labute approximate surface area is 135 Å². The molecule has 0 atom stereocenters. The molecule has 6 heteroatoms. The number of halogens is 1. The van der Waals surface area contributed by atoms with E-state index >= 15 is 0 Å². The van der Waals surface area contributed by atoms with Crippen molar-refractivity contribution in [3.8, 4) is 0 Å². The highest BCUT2D eigenvalue weighted by atomic mass is 79.9. The molecule has 0 amide bonds. The molecule has 0 bridgehead atoms. The fourth-order valence-electron chi connectivity index (χ4n) is 2.12. The summed E-state index contributed by atoms with van der Waals surface area (Å²) < 4.78 is 28.5. The second kappa shape index (κ2) is 7.22. The van der Waals surface area contributed by atoms with Gasteiger partial charge < -0.3 is 5.32 Å². The molecule has 4 nitrogen and oxygen atoms in total. The van der Waals surface area contributed by atoms with Crippen LogP contribution in [-0.2, 0) is 16.6 Å². The van der Waals surface area contributed by atoms with Crippen molar-refractivity contribution in [2.45, 2.75) is 44.6 Å². The Kier molecular flexibility index (Phi) is 5.82. The first-order valence-corrected chi connectivity index (χ1v) is 9.71. The Bertz CT molecular complexity index is 598. The third-order valence-corrected chi connectivity index (χ3v) is 6.03. The molecule has 1 aromatic rings. The zero-order valence-electron chi connectivity index (χ0n) is 12.6. The number of rotatable bonds is 8. The molecule has 0 unspecified atom stereocenters. The van der Waals surface area contributed by atoms with Gasteiger partial charge in [0.15, 0.2) is 0 Å². The predicted octanol–water partition coefficient (Wildman–Crippen LogP) is 2.95. The fourth-order valence-corrected chi connectivity index (χ4v) is 4.19. The molecule has 2 rings (SSSR count). The van der Waals surface area contributed by atoms with Crippen molar-refractivity contribution in [3.05, 3.63) is 27.7 Å². The summed E-state index contributed by atoms with van der Waals surface area (Å²) >= 11 is 3.47. The summed E-state index contributed by atoms with van der Waals surface area (Å²) in [6.07, 6.45) is 3.32. The molecule has 118 valence electrons. The van der Waals surface area contributed by atoms with Gasteiger partial charge in [0.05, 0.1) is 4.90 Å². The van der Waals surface area contributed by atoms with Crippen LogP contribution in [0.2, 0.25) is 0 Å². The number of sulfonamides is 1. The molecule has 1 aromatic carbocycles. The highest BCUT2D eigenvalue weighted by Gasteiger charge is 2.25. The molecular weight excluding hydrogens is 352 g/mol. The molecular formula is C15H23BrN2O2S. The highest BCUT2D eigenvalue weighted by molar-refractivity contribution is 9.10. The lowest BCUT2D eigenvalue weighted by atomic mass is 10.1. The van der Waals surface area contributed by atoms with Crippen LogP contribution < -0.4 is 10.0 Å². The van der Waals surface area contributed by atoms with Gasteiger partial charge in [-0.2, -0.15) is 0 Å². The van der Waals surface area contributed by atoms with E-state index in [1.165, 1.54) is 0 Å². The summed E-state index contributed by atoms with van der Waals surface area (Å²) in [6, 6.07) is 3.76.